The molecule has 0 aromatic heterocycles. The van der Waals surface area contributed by atoms with Crippen molar-refractivity contribution in [3.8, 4) is 0 Å². The Hall–Kier alpha value is -1.35. The third-order valence-corrected chi connectivity index (χ3v) is 7.27. The molecule has 1 spiro atoms. The number of benzene rings is 1. The van der Waals surface area contributed by atoms with E-state index in [1.807, 2.05) is 0 Å². The quantitative estimate of drug-likeness (QED) is 0.811. The molecule has 2 aliphatic heterocycles. The molecular weight excluding hydrogens is 320 g/mol. The normalized spacial score (nSPS) is 29.9. The minimum atomic E-state index is 0.268. The lowest BCUT2D eigenvalue weighted by Crippen LogP contribution is -2.55. The number of para-hydroxylation sites is 1. The van der Waals surface area contributed by atoms with Crippen LogP contribution in [0.5, 0.6) is 0 Å². The summed E-state index contributed by atoms with van der Waals surface area (Å²) in [6.07, 6.45) is 11.2. The van der Waals surface area contributed by atoms with Gasteiger partial charge in [-0.3, -0.25) is 4.79 Å². The van der Waals surface area contributed by atoms with Crippen LogP contribution in [0.15, 0.2) is 24.3 Å². The van der Waals surface area contributed by atoms with Crippen molar-refractivity contribution in [1.82, 2.24) is 4.90 Å². The van der Waals surface area contributed by atoms with Crippen molar-refractivity contribution in [2.45, 2.75) is 57.8 Å². The third-order valence-electron chi connectivity index (χ3n) is 7.27. The molecular formula is C23H32N2O. The zero-order chi connectivity index (χ0) is 17.6. The molecule has 4 aliphatic rings. The van der Waals surface area contributed by atoms with Gasteiger partial charge in [0.15, 0.2) is 0 Å². The van der Waals surface area contributed by atoms with Crippen molar-refractivity contribution >= 4 is 11.6 Å². The first-order valence-corrected chi connectivity index (χ1v) is 10.8. The molecule has 140 valence electrons. The van der Waals surface area contributed by atoms with Gasteiger partial charge in [0, 0.05) is 36.7 Å². The summed E-state index contributed by atoms with van der Waals surface area (Å²) in [4.78, 5) is 18.3. The lowest BCUT2D eigenvalue weighted by molar-refractivity contribution is -0.123. The van der Waals surface area contributed by atoms with E-state index in [2.05, 4.69) is 34.1 Å². The van der Waals surface area contributed by atoms with Gasteiger partial charge in [-0.05, 0) is 69.0 Å². The fourth-order valence-electron chi connectivity index (χ4n) is 5.80. The molecule has 2 heterocycles. The Morgan fingerprint density at radius 3 is 2.65 bits per heavy atom. The topological polar surface area (TPSA) is 23.6 Å². The molecule has 1 atom stereocenters. The molecule has 1 aromatic rings. The Morgan fingerprint density at radius 2 is 1.85 bits per heavy atom. The minimum absolute atomic E-state index is 0.268. The summed E-state index contributed by atoms with van der Waals surface area (Å²) in [5.74, 6) is 1.63. The molecule has 1 unspecified atom stereocenters. The maximum atomic E-state index is 13.4. The number of hydrogen-bond acceptors (Lipinski definition) is 2. The number of fused-ring (bicyclic) bond motifs is 1. The first kappa shape index (κ1) is 16.8. The second-order valence-corrected chi connectivity index (χ2v) is 9.49. The van der Waals surface area contributed by atoms with Crippen molar-refractivity contribution in [3.05, 3.63) is 29.8 Å². The molecule has 1 aromatic carbocycles. The smallest absolute Gasteiger partial charge is 0.230 e. The highest BCUT2D eigenvalue weighted by molar-refractivity contribution is 5.96. The van der Waals surface area contributed by atoms with Gasteiger partial charge >= 0.3 is 0 Å². The number of hydrogen-bond donors (Lipinski definition) is 0. The third kappa shape index (κ3) is 3.19. The Balaban J connectivity index is 1.42. The van der Waals surface area contributed by atoms with Gasteiger partial charge in [0.1, 0.15) is 0 Å². The second kappa shape index (κ2) is 6.67. The van der Waals surface area contributed by atoms with Gasteiger partial charge in [-0.15, -0.1) is 0 Å². The van der Waals surface area contributed by atoms with Gasteiger partial charge in [-0.1, -0.05) is 31.0 Å². The number of piperidine rings is 1. The van der Waals surface area contributed by atoms with Crippen LogP contribution in [0.2, 0.25) is 0 Å². The summed E-state index contributed by atoms with van der Waals surface area (Å²) in [5.41, 5.74) is 2.88. The highest BCUT2D eigenvalue weighted by Gasteiger charge is 2.44. The Labute approximate surface area is 157 Å². The molecule has 5 rings (SSSR count). The van der Waals surface area contributed by atoms with Crippen LogP contribution in [-0.4, -0.2) is 37.0 Å². The van der Waals surface area contributed by atoms with E-state index in [0.29, 0.717) is 5.91 Å². The van der Waals surface area contributed by atoms with Gasteiger partial charge in [-0.2, -0.15) is 0 Å². The Bertz CT molecular complexity index is 677. The van der Waals surface area contributed by atoms with Crippen LogP contribution in [-0.2, 0) is 11.2 Å². The summed E-state index contributed by atoms with van der Waals surface area (Å²) in [7, 11) is 0. The molecule has 3 nitrogen and oxygen atoms in total. The van der Waals surface area contributed by atoms with Crippen LogP contribution in [0, 0.1) is 17.3 Å². The fraction of sp³-hybridized carbons (Fsp3) is 0.696. The molecule has 26 heavy (non-hydrogen) atoms. The predicted octanol–water partition coefficient (Wildman–Crippen LogP) is 4.26. The van der Waals surface area contributed by atoms with E-state index >= 15 is 0 Å². The molecule has 1 amide bonds. The summed E-state index contributed by atoms with van der Waals surface area (Å²) >= 11 is 0. The van der Waals surface area contributed by atoms with Crippen molar-refractivity contribution < 1.29 is 4.79 Å². The van der Waals surface area contributed by atoms with Crippen LogP contribution >= 0.6 is 0 Å². The maximum absolute atomic E-state index is 13.4. The lowest BCUT2D eigenvalue weighted by atomic mass is 9.72. The number of carbonyl (C=O) groups is 1. The molecule has 0 N–H and O–H groups in total. The molecule has 2 aliphatic carbocycles. The van der Waals surface area contributed by atoms with Gasteiger partial charge < -0.3 is 9.80 Å². The molecule has 1 saturated heterocycles. The van der Waals surface area contributed by atoms with Crippen LogP contribution in [0.1, 0.15) is 56.9 Å². The number of nitrogens with zero attached hydrogens (tertiary/aromatic N) is 2. The second-order valence-electron chi connectivity index (χ2n) is 9.49. The largest absolute Gasteiger partial charge is 0.311 e. The SMILES string of the molecule is O=C(C1CCCC1)N1CC2(CCCN(CC3CC3)C2)Cc2ccccc21. The van der Waals surface area contributed by atoms with E-state index in [9.17, 15) is 4.79 Å². The van der Waals surface area contributed by atoms with Crippen molar-refractivity contribution in [3.63, 3.8) is 0 Å². The summed E-state index contributed by atoms with van der Waals surface area (Å²) < 4.78 is 0. The van der Waals surface area contributed by atoms with Crippen LogP contribution < -0.4 is 4.90 Å². The number of amides is 1. The first-order valence-electron chi connectivity index (χ1n) is 10.8. The molecule has 0 bridgehead atoms. The summed E-state index contributed by atoms with van der Waals surface area (Å²) in [5, 5.41) is 0. The summed E-state index contributed by atoms with van der Waals surface area (Å²) in [6.45, 7) is 4.68. The standard InChI is InChI=1S/C23H32N2O/c26-22(19-6-1-2-7-19)25-17-23(14-20-8-3-4-9-21(20)25)12-5-13-24(16-23)15-18-10-11-18/h3-4,8-9,18-19H,1-2,5-7,10-17H2. The average Bonchev–Trinajstić information content (AvgIpc) is 3.29. The van der Waals surface area contributed by atoms with Gasteiger partial charge in [0.25, 0.3) is 0 Å². The number of carbonyl (C=O) groups excluding carboxylic acids is 1. The maximum Gasteiger partial charge on any atom is 0.230 e. The molecule has 2 saturated carbocycles. The summed E-state index contributed by atoms with van der Waals surface area (Å²) in [6, 6.07) is 8.71. The van der Waals surface area contributed by atoms with E-state index in [0.717, 1.165) is 31.7 Å². The average molecular weight is 353 g/mol. The highest BCUT2D eigenvalue weighted by atomic mass is 16.2. The number of rotatable bonds is 3. The fourth-order valence-corrected chi connectivity index (χ4v) is 5.80. The van der Waals surface area contributed by atoms with Crippen molar-refractivity contribution in [2.24, 2.45) is 17.3 Å². The zero-order valence-electron chi connectivity index (χ0n) is 16.0. The highest BCUT2D eigenvalue weighted by Crippen LogP contribution is 2.44. The van der Waals surface area contributed by atoms with E-state index in [1.54, 1.807) is 0 Å². The molecule has 3 fully saturated rings. The van der Waals surface area contributed by atoms with Gasteiger partial charge in [0.2, 0.25) is 5.91 Å². The van der Waals surface area contributed by atoms with E-state index in [1.165, 1.54) is 69.4 Å². The Morgan fingerprint density at radius 1 is 1.04 bits per heavy atom. The van der Waals surface area contributed by atoms with Gasteiger partial charge in [-0.25, -0.2) is 0 Å². The Kier molecular flexibility index (Phi) is 4.31. The number of likely N-dealkylation sites (tertiary alicyclic amines) is 1. The van der Waals surface area contributed by atoms with E-state index in [4.69, 9.17) is 0 Å². The van der Waals surface area contributed by atoms with Crippen LogP contribution in [0.4, 0.5) is 5.69 Å². The van der Waals surface area contributed by atoms with Crippen molar-refractivity contribution in [1.29, 1.82) is 0 Å². The van der Waals surface area contributed by atoms with E-state index < -0.39 is 0 Å². The lowest BCUT2D eigenvalue weighted by Gasteiger charge is -2.49. The van der Waals surface area contributed by atoms with Gasteiger partial charge in [0.05, 0.1) is 0 Å². The minimum Gasteiger partial charge on any atom is -0.311 e. The monoisotopic (exact) mass is 352 g/mol. The van der Waals surface area contributed by atoms with Crippen molar-refractivity contribution in [2.75, 3.05) is 31.1 Å². The van der Waals surface area contributed by atoms with Crippen LogP contribution in [0.25, 0.3) is 0 Å². The van der Waals surface area contributed by atoms with Crippen LogP contribution in [0.3, 0.4) is 0 Å². The molecule has 3 heteroatoms. The zero-order valence-corrected chi connectivity index (χ0v) is 16.0. The molecule has 0 radical (unpaired) electrons. The number of anilines is 1. The first-order chi connectivity index (χ1) is 12.7. The predicted molar refractivity (Wildman–Crippen MR) is 105 cm³/mol. The van der Waals surface area contributed by atoms with E-state index in [-0.39, 0.29) is 11.3 Å².